The Labute approximate surface area is 90.6 Å². The molecule has 1 aliphatic carbocycles. The van der Waals surface area contributed by atoms with Crippen LogP contribution in [-0.4, -0.2) is 36.2 Å². The van der Waals surface area contributed by atoms with Crippen molar-refractivity contribution in [3.05, 3.63) is 35.6 Å². The first-order valence-corrected chi connectivity index (χ1v) is 5.39. The van der Waals surface area contributed by atoms with Crippen LogP contribution in [0.3, 0.4) is 0 Å². The molecule has 0 spiro atoms. The van der Waals surface area contributed by atoms with Crippen molar-refractivity contribution in [2.24, 2.45) is 11.7 Å². The lowest BCUT2D eigenvalue weighted by atomic mass is 9.88. The quantitative estimate of drug-likeness (QED) is 0.712. The summed E-state index contributed by atoms with van der Waals surface area (Å²) >= 11 is 0. The topological polar surface area (TPSA) is 49.5 Å². The lowest BCUT2D eigenvalue weighted by Gasteiger charge is -2.31. The molecular formula is C12H18N2O. The minimum atomic E-state index is 0.118. The summed E-state index contributed by atoms with van der Waals surface area (Å²) in [5.41, 5.74) is 7.99. The summed E-state index contributed by atoms with van der Waals surface area (Å²) in [6.45, 7) is 0.804. The number of aliphatic hydroxyl groups excluding tert-OH is 1. The maximum absolute atomic E-state index is 9.22. The van der Waals surface area contributed by atoms with Crippen molar-refractivity contribution >= 4 is 0 Å². The van der Waals surface area contributed by atoms with Crippen molar-refractivity contribution in [1.82, 2.24) is 4.90 Å². The third kappa shape index (κ3) is 1.73. The number of fused-ring (bicyclic) bond motifs is 1. The van der Waals surface area contributed by atoms with Crippen LogP contribution in [0.15, 0.2) is 35.6 Å². The second-order valence-electron chi connectivity index (χ2n) is 4.11. The van der Waals surface area contributed by atoms with Gasteiger partial charge in [-0.2, -0.15) is 0 Å². The average Bonchev–Trinajstić information content (AvgIpc) is 2.57. The summed E-state index contributed by atoms with van der Waals surface area (Å²) in [5.74, 6) is 0.406. The molecule has 0 amide bonds. The summed E-state index contributed by atoms with van der Waals surface area (Å²) in [5, 5.41) is 9.22. The Balaban J connectivity index is 2.22. The summed E-state index contributed by atoms with van der Waals surface area (Å²) < 4.78 is 0. The second-order valence-corrected chi connectivity index (χ2v) is 4.11. The highest BCUT2D eigenvalue weighted by Gasteiger charge is 2.33. The molecular weight excluding hydrogens is 188 g/mol. The van der Waals surface area contributed by atoms with Gasteiger partial charge in [0.15, 0.2) is 0 Å². The fraction of sp³-hybridized carbons (Fsp3) is 0.500. The summed E-state index contributed by atoms with van der Waals surface area (Å²) in [4.78, 5) is 2.16. The van der Waals surface area contributed by atoms with Crippen LogP contribution < -0.4 is 5.73 Å². The van der Waals surface area contributed by atoms with Crippen molar-refractivity contribution in [2.75, 3.05) is 20.2 Å². The predicted molar refractivity (Wildman–Crippen MR) is 61.1 cm³/mol. The molecule has 0 aromatic heterocycles. The molecule has 0 saturated heterocycles. The third-order valence-electron chi connectivity index (χ3n) is 3.24. The Bertz CT molecular complexity index is 331. The zero-order valence-corrected chi connectivity index (χ0v) is 9.06. The van der Waals surface area contributed by atoms with E-state index in [1.165, 1.54) is 5.57 Å². The first-order valence-electron chi connectivity index (χ1n) is 5.39. The van der Waals surface area contributed by atoms with E-state index in [0.29, 0.717) is 18.5 Å². The van der Waals surface area contributed by atoms with Crippen molar-refractivity contribution < 1.29 is 5.11 Å². The van der Waals surface area contributed by atoms with Crippen LogP contribution in [0.1, 0.15) is 6.42 Å². The number of hydrogen-bond acceptors (Lipinski definition) is 3. The lowest BCUT2D eigenvalue weighted by molar-refractivity contribution is 0.257. The average molecular weight is 206 g/mol. The van der Waals surface area contributed by atoms with E-state index >= 15 is 0 Å². The van der Waals surface area contributed by atoms with Crippen molar-refractivity contribution in [3.8, 4) is 0 Å². The number of likely N-dealkylation sites (N-methyl/N-ethyl adjacent to an activating group) is 1. The highest BCUT2D eigenvalue weighted by Crippen LogP contribution is 2.34. The minimum Gasteiger partial charge on any atom is -0.390 e. The molecule has 0 fully saturated rings. The number of rotatable bonds is 3. The van der Waals surface area contributed by atoms with E-state index in [-0.39, 0.29) is 6.61 Å². The van der Waals surface area contributed by atoms with Crippen molar-refractivity contribution in [3.63, 3.8) is 0 Å². The largest absolute Gasteiger partial charge is 0.390 e. The van der Waals surface area contributed by atoms with Crippen LogP contribution in [0.4, 0.5) is 0 Å². The van der Waals surface area contributed by atoms with E-state index in [1.807, 2.05) is 7.05 Å². The molecule has 3 nitrogen and oxygen atoms in total. The fourth-order valence-electron chi connectivity index (χ4n) is 2.49. The van der Waals surface area contributed by atoms with Gasteiger partial charge in [0.05, 0.1) is 12.6 Å². The molecule has 1 aliphatic heterocycles. The van der Waals surface area contributed by atoms with Crippen LogP contribution in [0.5, 0.6) is 0 Å². The molecule has 1 heterocycles. The maximum atomic E-state index is 9.22. The summed E-state index contributed by atoms with van der Waals surface area (Å²) in [6.07, 6.45) is 9.51. The smallest absolute Gasteiger partial charge is 0.0826 e. The van der Waals surface area contributed by atoms with Crippen LogP contribution in [-0.2, 0) is 0 Å². The normalized spacial score (nSPS) is 28.9. The number of nitrogens with zero attached hydrogens (tertiary/aromatic N) is 1. The molecule has 0 saturated carbocycles. The number of hydrogen-bond donors (Lipinski definition) is 2. The van der Waals surface area contributed by atoms with E-state index in [0.717, 1.165) is 12.1 Å². The molecule has 0 aromatic rings. The Morgan fingerprint density at radius 2 is 2.33 bits per heavy atom. The van der Waals surface area contributed by atoms with E-state index in [2.05, 4.69) is 29.2 Å². The molecule has 0 radical (unpaired) electrons. The van der Waals surface area contributed by atoms with Gasteiger partial charge in [-0.15, -0.1) is 0 Å². The van der Waals surface area contributed by atoms with Gasteiger partial charge < -0.3 is 15.7 Å². The first-order chi connectivity index (χ1) is 7.27. The SMILES string of the molecule is CN1C(CO)=CC2C=CC=C(CCN)C21. The monoisotopic (exact) mass is 206 g/mol. The zero-order valence-electron chi connectivity index (χ0n) is 9.06. The van der Waals surface area contributed by atoms with Gasteiger partial charge in [0.1, 0.15) is 0 Å². The fourth-order valence-corrected chi connectivity index (χ4v) is 2.49. The summed E-state index contributed by atoms with van der Waals surface area (Å²) in [7, 11) is 2.04. The maximum Gasteiger partial charge on any atom is 0.0826 e. The molecule has 0 aromatic carbocycles. The van der Waals surface area contributed by atoms with E-state index in [4.69, 9.17) is 5.73 Å². The van der Waals surface area contributed by atoms with Crippen LogP contribution in [0.2, 0.25) is 0 Å². The lowest BCUT2D eigenvalue weighted by Crippen LogP contribution is -2.34. The number of aliphatic hydroxyl groups is 1. The summed E-state index contributed by atoms with van der Waals surface area (Å²) in [6, 6.07) is 0.376. The highest BCUT2D eigenvalue weighted by molar-refractivity contribution is 5.35. The Morgan fingerprint density at radius 1 is 1.53 bits per heavy atom. The third-order valence-corrected chi connectivity index (χ3v) is 3.24. The molecule has 2 unspecified atom stereocenters. The first kappa shape index (κ1) is 10.5. The Hall–Kier alpha value is -1.06. The Morgan fingerprint density at radius 3 is 3.00 bits per heavy atom. The van der Waals surface area contributed by atoms with Crippen LogP contribution in [0.25, 0.3) is 0 Å². The minimum absolute atomic E-state index is 0.118. The van der Waals surface area contributed by atoms with Gasteiger partial charge in [-0.25, -0.2) is 0 Å². The van der Waals surface area contributed by atoms with Gasteiger partial charge >= 0.3 is 0 Å². The Kier molecular flexibility index (Phi) is 2.93. The van der Waals surface area contributed by atoms with Gasteiger partial charge in [0.25, 0.3) is 0 Å². The van der Waals surface area contributed by atoms with Gasteiger partial charge in [-0.1, -0.05) is 24.3 Å². The molecule has 3 heteroatoms. The zero-order chi connectivity index (χ0) is 10.8. The van der Waals surface area contributed by atoms with Gasteiger partial charge in [0.2, 0.25) is 0 Å². The molecule has 2 atom stereocenters. The van der Waals surface area contributed by atoms with E-state index in [9.17, 15) is 5.11 Å². The van der Waals surface area contributed by atoms with Crippen molar-refractivity contribution in [1.29, 1.82) is 0 Å². The van der Waals surface area contributed by atoms with Gasteiger partial charge in [-0.05, 0) is 18.5 Å². The number of allylic oxidation sites excluding steroid dienone is 2. The standard InChI is InChI=1S/C12H18N2O/c1-14-11(8-15)7-10-4-2-3-9(5-6-13)12(10)14/h2-4,7,10,12,15H,5-6,8,13H2,1H3. The molecule has 2 aliphatic rings. The molecule has 15 heavy (non-hydrogen) atoms. The second kappa shape index (κ2) is 4.21. The molecule has 0 bridgehead atoms. The van der Waals surface area contributed by atoms with E-state index in [1.54, 1.807) is 0 Å². The van der Waals surface area contributed by atoms with Gasteiger partial charge in [0, 0.05) is 18.7 Å². The number of nitrogens with two attached hydrogens (primary N) is 1. The van der Waals surface area contributed by atoms with Crippen LogP contribution in [0, 0.1) is 5.92 Å². The van der Waals surface area contributed by atoms with Gasteiger partial charge in [-0.3, -0.25) is 0 Å². The molecule has 82 valence electrons. The van der Waals surface area contributed by atoms with Crippen molar-refractivity contribution in [2.45, 2.75) is 12.5 Å². The van der Waals surface area contributed by atoms with E-state index < -0.39 is 0 Å². The van der Waals surface area contributed by atoms with Crippen LogP contribution >= 0.6 is 0 Å². The molecule has 2 rings (SSSR count). The predicted octanol–water partition coefficient (Wildman–Crippen LogP) is 0.638. The highest BCUT2D eigenvalue weighted by atomic mass is 16.3. The molecule has 3 N–H and O–H groups in total.